The maximum atomic E-state index is 13.2. The molecule has 0 radical (unpaired) electrons. The third kappa shape index (κ3) is 5.26. The first-order valence-electron chi connectivity index (χ1n) is 12.5. The minimum atomic E-state index is -0.244. The first kappa shape index (κ1) is 23.6. The van der Waals surface area contributed by atoms with Crippen LogP contribution < -0.4 is 20.5 Å². The van der Waals surface area contributed by atoms with Crippen LogP contribution in [0.1, 0.15) is 30.9 Å². The molecule has 2 atom stereocenters. The largest absolute Gasteiger partial charge is 0.497 e. The lowest BCUT2D eigenvalue weighted by Gasteiger charge is -2.39. The fraction of sp³-hybridized carbons (Fsp3) is 0.500. The number of benzene rings is 1. The van der Waals surface area contributed by atoms with Gasteiger partial charge in [-0.1, -0.05) is 0 Å². The average molecular weight is 479 g/mol. The number of hydrogen-bond donors (Lipinski definition) is 2. The molecule has 35 heavy (non-hydrogen) atoms. The zero-order valence-electron chi connectivity index (χ0n) is 20.2. The van der Waals surface area contributed by atoms with E-state index in [1.54, 1.807) is 19.5 Å². The first-order chi connectivity index (χ1) is 17.1. The lowest BCUT2D eigenvalue weighted by molar-refractivity contribution is -0.141. The number of carbonyl (C=O) groups excluding carboxylic acids is 2. The number of rotatable bonds is 5. The Hall–Kier alpha value is -3.17. The van der Waals surface area contributed by atoms with Crippen LogP contribution in [0.2, 0.25) is 0 Å². The van der Waals surface area contributed by atoms with Crippen LogP contribution in [0.4, 0.5) is 5.69 Å². The number of nitrogens with one attached hydrogen (secondary N) is 2. The van der Waals surface area contributed by atoms with Crippen molar-refractivity contribution in [2.75, 3.05) is 51.3 Å². The first-order valence-corrected chi connectivity index (χ1v) is 12.5. The van der Waals surface area contributed by atoms with E-state index in [1.807, 2.05) is 34.1 Å². The summed E-state index contributed by atoms with van der Waals surface area (Å²) < 4.78 is 5.24. The second-order valence-electron chi connectivity index (χ2n) is 9.52. The number of hydrazine groups is 1. The molecule has 0 spiro atoms. The Labute approximate surface area is 206 Å². The molecular formula is C26H34N6O3. The van der Waals surface area contributed by atoms with Gasteiger partial charge >= 0.3 is 0 Å². The molecule has 3 aliphatic heterocycles. The van der Waals surface area contributed by atoms with E-state index in [4.69, 9.17) is 4.74 Å². The van der Waals surface area contributed by atoms with E-state index < -0.39 is 0 Å². The van der Waals surface area contributed by atoms with Crippen LogP contribution in [-0.2, 0) is 9.59 Å². The Morgan fingerprint density at radius 1 is 0.857 bits per heavy atom. The van der Waals surface area contributed by atoms with E-state index in [0.29, 0.717) is 19.5 Å². The van der Waals surface area contributed by atoms with Gasteiger partial charge < -0.3 is 19.4 Å². The number of ether oxygens (including phenoxy) is 1. The van der Waals surface area contributed by atoms with Crippen molar-refractivity contribution in [2.24, 2.45) is 5.92 Å². The van der Waals surface area contributed by atoms with Crippen molar-refractivity contribution < 1.29 is 14.3 Å². The molecule has 1 aromatic heterocycles. The second kappa shape index (κ2) is 10.6. The number of likely N-dealkylation sites (tertiary alicyclic amines) is 1. The van der Waals surface area contributed by atoms with Gasteiger partial charge in [0.15, 0.2) is 0 Å². The summed E-state index contributed by atoms with van der Waals surface area (Å²) in [6, 6.07) is 11.9. The van der Waals surface area contributed by atoms with Gasteiger partial charge in [-0.2, -0.15) is 0 Å². The topological polar surface area (TPSA) is 90.0 Å². The Morgan fingerprint density at radius 2 is 1.51 bits per heavy atom. The Morgan fingerprint density at radius 3 is 2.17 bits per heavy atom. The second-order valence-corrected chi connectivity index (χ2v) is 9.52. The molecule has 1 aromatic carbocycles. The molecule has 0 bridgehead atoms. The van der Waals surface area contributed by atoms with Crippen LogP contribution in [0.5, 0.6) is 5.75 Å². The minimum Gasteiger partial charge on any atom is -0.497 e. The third-order valence-corrected chi connectivity index (χ3v) is 7.49. The molecule has 0 aliphatic carbocycles. The Balaban J connectivity index is 1.07. The van der Waals surface area contributed by atoms with Gasteiger partial charge in [-0.15, -0.1) is 0 Å². The maximum absolute atomic E-state index is 13.2. The number of methoxy groups -OCH3 is 1. The predicted octanol–water partition coefficient (Wildman–Crippen LogP) is 1.59. The number of hydrogen-bond acceptors (Lipinski definition) is 7. The van der Waals surface area contributed by atoms with Crippen LogP contribution >= 0.6 is 0 Å². The summed E-state index contributed by atoms with van der Waals surface area (Å²) in [6.45, 7) is 4.40. The number of piperidine rings is 1. The molecule has 3 fully saturated rings. The van der Waals surface area contributed by atoms with Gasteiger partial charge in [0, 0.05) is 69.3 Å². The van der Waals surface area contributed by atoms with Gasteiger partial charge in [-0.25, -0.2) is 10.9 Å². The molecule has 9 nitrogen and oxygen atoms in total. The third-order valence-electron chi connectivity index (χ3n) is 7.49. The van der Waals surface area contributed by atoms with Crippen LogP contribution in [0.3, 0.4) is 0 Å². The highest BCUT2D eigenvalue weighted by Crippen LogP contribution is 2.26. The lowest BCUT2D eigenvalue weighted by atomic mass is 9.94. The average Bonchev–Trinajstić information content (AvgIpc) is 3.43. The number of piperazine rings is 1. The van der Waals surface area contributed by atoms with Crippen molar-refractivity contribution in [3.8, 4) is 5.75 Å². The van der Waals surface area contributed by atoms with Crippen LogP contribution in [0.15, 0.2) is 48.8 Å². The van der Waals surface area contributed by atoms with E-state index in [0.717, 1.165) is 56.0 Å². The molecule has 2 unspecified atom stereocenters. The highest BCUT2D eigenvalue weighted by molar-refractivity contribution is 5.83. The summed E-state index contributed by atoms with van der Waals surface area (Å²) in [7, 11) is 1.67. The standard InChI is InChI=1S/C26H34N6O3/c1-35-22-4-2-21(3-5-22)30-14-16-32(17-15-30)25(33)20-8-12-31(13-9-20)26(34)24-18-23(28-29-24)19-6-10-27-11-7-19/h2-7,10-11,20,23-24,28-29H,8-9,12-18H2,1H3. The quantitative estimate of drug-likeness (QED) is 0.675. The summed E-state index contributed by atoms with van der Waals surface area (Å²) in [6.07, 6.45) is 5.72. The highest BCUT2D eigenvalue weighted by Gasteiger charge is 2.36. The normalized spacial score (nSPS) is 23.4. The van der Waals surface area contributed by atoms with E-state index in [-0.39, 0.29) is 29.8 Å². The Bertz CT molecular complexity index is 1000. The molecule has 2 N–H and O–H groups in total. The molecule has 0 saturated carbocycles. The molecule has 186 valence electrons. The number of pyridine rings is 1. The van der Waals surface area contributed by atoms with Gasteiger partial charge in [0.25, 0.3) is 0 Å². The molecule has 3 aliphatic rings. The number of amides is 2. The monoisotopic (exact) mass is 478 g/mol. The van der Waals surface area contributed by atoms with Crippen LogP contribution in [0.25, 0.3) is 0 Å². The van der Waals surface area contributed by atoms with Crippen molar-refractivity contribution in [2.45, 2.75) is 31.3 Å². The van der Waals surface area contributed by atoms with Crippen LogP contribution in [0, 0.1) is 5.92 Å². The van der Waals surface area contributed by atoms with Gasteiger partial charge in [0.1, 0.15) is 11.8 Å². The summed E-state index contributed by atoms with van der Waals surface area (Å²) in [5.41, 5.74) is 8.68. The smallest absolute Gasteiger partial charge is 0.241 e. The lowest BCUT2D eigenvalue weighted by Crippen LogP contribution is -2.53. The summed E-state index contributed by atoms with van der Waals surface area (Å²) in [5, 5.41) is 0. The zero-order chi connectivity index (χ0) is 24.2. The van der Waals surface area contributed by atoms with Gasteiger partial charge in [0.05, 0.1) is 7.11 Å². The van der Waals surface area contributed by atoms with Crippen molar-refractivity contribution in [3.05, 3.63) is 54.4 Å². The summed E-state index contributed by atoms with van der Waals surface area (Å²) >= 11 is 0. The minimum absolute atomic E-state index is 0.00539. The maximum Gasteiger partial charge on any atom is 0.241 e. The van der Waals surface area contributed by atoms with E-state index >= 15 is 0 Å². The van der Waals surface area contributed by atoms with Crippen LogP contribution in [-0.4, -0.2) is 79.0 Å². The predicted molar refractivity (Wildman–Crippen MR) is 133 cm³/mol. The summed E-state index contributed by atoms with van der Waals surface area (Å²) in [4.78, 5) is 36.5. The Kier molecular flexibility index (Phi) is 7.15. The van der Waals surface area contributed by atoms with Crippen molar-refractivity contribution >= 4 is 17.5 Å². The van der Waals surface area contributed by atoms with Gasteiger partial charge in [-0.3, -0.25) is 14.6 Å². The van der Waals surface area contributed by atoms with E-state index in [9.17, 15) is 9.59 Å². The molecule has 2 aromatic rings. The number of carbonyl (C=O) groups is 2. The fourth-order valence-corrected chi connectivity index (χ4v) is 5.34. The van der Waals surface area contributed by atoms with E-state index in [1.165, 1.54) is 0 Å². The zero-order valence-corrected chi connectivity index (χ0v) is 20.2. The molecule has 5 rings (SSSR count). The molecule has 3 saturated heterocycles. The number of anilines is 1. The van der Waals surface area contributed by atoms with Crippen molar-refractivity contribution in [1.82, 2.24) is 25.6 Å². The molecule has 9 heteroatoms. The molecular weight excluding hydrogens is 444 g/mol. The number of nitrogens with zero attached hydrogens (tertiary/aromatic N) is 4. The number of aromatic nitrogens is 1. The van der Waals surface area contributed by atoms with Crippen molar-refractivity contribution in [3.63, 3.8) is 0 Å². The van der Waals surface area contributed by atoms with E-state index in [2.05, 4.69) is 32.9 Å². The SMILES string of the molecule is COc1ccc(N2CCN(C(=O)C3CCN(C(=O)C4CC(c5ccncc5)NN4)CC3)CC2)cc1. The molecule has 2 amide bonds. The van der Waals surface area contributed by atoms with Gasteiger partial charge in [-0.05, 0) is 61.2 Å². The highest BCUT2D eigenvalue weighted by atomic mass is 16.5. The van der Waals surface area contributed by atoms with Gasteiger partial charge in [0.2, 0.25) is 11.8 Å². The van der Waals surface area contributed by atoms with Crippen molar-refractivity contribution in [1.29, 1.82) is 0 Å². The molecule has 4 heterocycles. The summed E-state index contributed by atoms with van der Waals surface area (Å²) in [5.74, 6) is 1.21. The fourth-order valence-electron chi connectivity index (χ4n) is 5.34.